The second-order valence-electron chi connectivity index (χ2n) is 6.55. The van der Waals surface area contributed by atoms with Gasteiger partial charge in [0.25, 0.3) is 0 Å². The van der Waals surface area contributed by atoms with Crippen molar-refractivity contribution in [1.82, 2.24) is 5.32 Å². The molecule has 0 spiro atoms. The van der Waals surface area contributed by atoms with Crippen molar-refractivity contribution >= 4 is 5.91 Å². The Hall–Kier alpha value is -2.49. The summed E-state index contributed by atoms with van der Waals surface area (Å²) in [6.07, 6.45) is 2.46. The molecule has 1 amide bonds. The van der Waals surface area contributed by atoms with E-state index in [4.69, 9.17) is 9.47 Å². The predicted octanol–water partition coefficient (Wildman–Crippen LogP) is 4.00. The van der Waals surface area contributed by atoms with Gasteiger partial charge in [-0.15, -0.1) is 0 Å². The summed E-state index contributed by atoms with van der Waals surface area (Å²) in [5.74, 6) is 1.80. The molecule has 0 saturated heterocycles. The molecule has 132 valence electrons. The number of hydrogen-bond donors (Lipinski definition) is 1. The van der Waals surface area contributed by atoms with E-state index in [2.05, 4.69) is 5.32 Å². The monoisotopic (exact) mass is 339 g/mol. The Morgan fingerprint density at radius 3 is 2.52 bits per heavy atom. The summed E-state index contributed by atoms with van der Waals surface area (Å²) in [6.45, 7) is 2.02. The fourth-order valence-corrected chi connectivity index (χ4v) is 3.58. The highest BCUT2D eigenvalue weighted by Crippen LogP contribution is 2.41. The van der Waals surface area contributed by atoms with E-state index >= 15 is 0 Å². The van der Waals surface area contributed by atoms with Crippen molar-refractivity contribution in [3.8, 4) is 11.5 Å². The lowest BCUT2D eigenvalue weighted by Crippen LogP contribution is -2.27. The molecule has 0 bridgehead atoms. The van der Waals surface area contributed by atoms with E-state index in [-0.39, 0.29) is 17.9 Å². The van der Waals surface area contributed by atoms with Crippen molar-refractivity contribution in [1.29, 1.82) is 0 Å². The summed E-state index contributed by atoms with van der Waals surface area (Å²) in [4.78, 5) is 12.5. The molecule has 0 radical (unpaired) electrons. The lowest BCUT2D eigenvalue weighted by atomic mass is 9.96. The number of fused-ring (bicyclic) bond motifs is 1. The SMILES string of the molecule is COc1cc2c(cc1OC)C(CC(=O)NC(C)c1ccccc1)CC2. The highest BCUT2D eigenvalue weighted by molar-refractivity contribution is 5.77. The number of carbonyl (C=O) groups excluding carboxylic acids is 1. The molecule has 4 heteroatoms. The Kier molecular flexibility index (Phi) is 5.27. The van der Waals surface area contributed by atoms with Crippen LogP contribution in [0, 0.1) is 0 Å². The van der Waals surface area contributed by atoms with Gasteiger partial charge in [0.2, 0.25) is 5.91 Å². The van der Waals surface area contributed by atoms with Gasteiger partial charge in [0.05, 0.1) is 20.3 Å². The Morgan fingerprint density at radius 2 is 1.84 bits per heavy atom. The van der Waals surface area contributed by atoms with Gasteiger partial charge in [-0.1, -0.05) is 30.3 Å². The molecule has 1 aliphatic rings. The van der Waals surface area contributed by atoms with Crippen molar-refractivity contribution in [3.05, 3.63) is 59.2 Å². The number of benzene rings is 2. The number of rotatable bonds is 6. The molecule has 25 heavy (non-hydrogen) atoms. The van der Waals surface area contributed by atoms with Crippen LogP contribution in [0.25, 0.3) is 0 Å². The van der Waals surface area contributed by atoms with Crippen LogP contribution in [-0.4, -0.2) is 20.1 Å². The average molecular weight is 339 g/mol. The van der Waals surface area contributed by atoms with Gasteiger partial charge in [0.15, 0.2) is 11.5 Å². The zero-order valence-corrected chi connectivity index (χ0v) is 15.0. The van der Waals surface area contributed by atoms with Gasteiger partial charge in [-0.05, 0) is 54.5 Å². The van der Waals surface area contributed by atoms with Crippen molar-refractivity contribution in [2.75, 3.05) is 14.2 Å². The Balaban J connectivity index is 1.68. The molecule has 2 unspecified atom stereocenters. The molecule has 2 atom stereocenters. The smallest absolute Gasteiger partial charge is 0.221 e. The van der Waals surface area contributed by atoms with Gasteiger partial charge in [-0.25, -0.2) is 0 Å². The molecule has 0 fully saturated rings. The van der Waals surface area contributed by atoms with Crippen LogP contribution < -0.4 is 14.8 Å². The van der Waals surface area contributed by atoms with Crippen LogP contribution in [0.15, 0.2) is 42.5 Å². The van der Waals surface area contributed by atoms with Crippen LogP contribution in [0.1, 0.15) is 48.4 Å². The topological polar surface area (TPSA) is 47.6 Å². The van der Waals surface area contributed by atoms with E-state index in [9.17, 15) is 4.79 Å². The first-order valence-corrected chi connectivity index (χ1v) is 8.71. The Bertz CT molecular complexity index is 742. The van der Waals surface area contributed by atoms with E-state index in [1.807, 2.05) is 49.4 Å². The van der Waals surface area contributed by atoms with Crippen LogP contribution in [0.2, 0.25) is 0 Å². The van der Waals surface area contributed by atoms with E-state index in [1.165, 1.54) is 11.1 Å². The Morgan fingerprint density at radius 1 is 1.16 bits per heavy atom. The standard InChI is InChI=1S/C21H25NO3/c1-14(15-7-5-4-6-8-15)22-21(23)12-17-10-9-16-11-19(24-2)20(25-3)13-18(16)17/h4-8,11,13-14,17H,9-10,12H2,1-3H3,(H,22,23). The fraction of sp³-hybridized carbons (Fsp3) is 0.381. The van der Waals surface area contributed by atoms with Crippen LogP contribution in [0.4, 0.5) is 0 Å². The predicted molar refractivity (Wildman–Crippen MR) is 98.2 cm³/mol. The zero-order chi connectivity index (χ0) is 17.8. The number of nitrogens with one attached hydrogen (secondary N) is 1. The molecule has 0 saturated carbocycles. The summed E-state index contributed by atoms with van der Waals surface area (Å²) >= 11 is 0. The number of amides is 1. The minimum absolute atomic E-state index is 0.0139. The lowest BCUT2D eigenvalue weighted by molar-refractivity contribution is -0.122. The molecule has 2 aromatic rings. The van der Waals surface area contributed by atoms with Gasteiger partial charge >= 0.3 is 0 Å². The minimum atomic E-state index is 0.0139. The summed E-state index contributed by atoms with van der Waals surface area (Å²) in [5.41, 5.74) is 3.58. The highest BCUT2D eigenvalue weighted by atomic mass is 16.5. The van der Waals surface area contributed by atoms with Gasteiger partial charge < -0.3 is 14.8 Å². The van der Waals surface area contributed by atoms with Gasteiger partial charge in [-0.3, -0.25) is 4.79 Å². The minimum Gasteiger partial charge on any atom is -0.493 e. The molecular formula is C21H25NO3. The number of carbonyl (C=O) groups is 1. The van der Waals surface area contributed by atoms with Gasteiger partial charge in [0, 0.05) is 6.42 Å². The average Bonchev–Trinajstić information content (AvgIpc) is 3.02. The van der Waals surface area contributed by atoms with E-state index < -0.39 is 0 Å². The lowest BCUT2D eigenvalue weighted by Gasteiger charge is -2.17. The van der Waals surface area contributed by atoms with E-state index in [1.54, 1.807) is 14.2 Å². The molecule has 3 rings (SSSR count). The second kappa shape index (κ2) is 7.60. The van der Waals surface area contributed by atoms with Crippen LogP contribution in [0.5, 0.6) is 11.5 Å². The third kappa shape index (κ3) is 3.78. The van der Waals surface area contributed by atoms with Gasteiger partial charge in [0.1, 0.15) is 0 Å². The normalized spacial score (nSPS) is 16.8. The van der Waals surface area contributed by atoms with E-state index in [0.717, 1.165) is 29.9 Å². The van der Waals surface area contributed by atoms with Crippen molar-refractivity contribution in [2.45, 2.75) is 38.1 Å². The van der Waals surface area contributed by atoms with Crippen LogP contribution in [-0.2, 0) is 11.2 Å². The first-order chi connectivity index (χ1) is 12.1. The molecule has 2 aromatic carbocycles. The summed E-state index contributed by atoms with van der Waals surface area (Å²) in [7, 11) is 3.29. The number of ether oxygens (including phenoxy) is 2. The molecule has 1 aliphatic carbocycles. The number of aryl methyl sites for hydroxylation is 1. The molecule has 0 aliphatic heterocycles. The number of methoxy groups -OCH3 is 2. The molecule has 0 heterocycles. The van der Waals surface area contributed by atoms with Crippen LogP contribution >= 0.6 is 0 Å². The van der Waals surface area contributed by atoms with Crippen molar-refractivity contribution in [2.24, 2.45) is 0 Å². The van der Waals surface area contributed by atoms with E-state index in [0.29, 0.717) is 6.42 Å². The number of hydrogen-bond acceptors (Lipinski definition) is 3. The van der Waals surface area contributed by atoms with Gasteiger partial charge in [-0.2, -0.15) is 0 Å². The summed E-state index contributed by atoms with van der Waals surface area (Å²) in [6, 6.07) is 14.1. The molecule has 0 aromatic heterocycles. The fourth-order valence-electron chi connectivity index (χ4n) is 3.58. The third-order valence-electron chi connectivity index (χ3n) is 4.96. The maximum atomic E-state index is 12.5. The largest absolute Gasteiger partial charge is 0.493 e. The Labute approximate surface area is 149 Å². The first-order valence-electron chi connectivity index (χ1n) is 8.71. The molecule has 4 nitrogen and oxygen atoms in total. The van der Waals surface area contributed by atoms with Crippen molar-refractivity contribution < 1.29 is 14.3 Å². The summed E-state index contributed by atoms with van der Waals surface area (Å²) < 4.78 is 10.8. The van der Waals surface area contributed by atoms with Crippen molar-refractivity contribution in [3.63, 3.8) is 0 Å². The third-order valence-corrected chi connectivity index (χ3v) is 4.96. The second-order valence-corrected chi connectivity index (χ2v) is 6.55. The zero-order valence-electron chi connectivity index (χ0n) is 15.0. The highest BCUT2D eigenvalue weighted by Gasteiger charge is 2.27. The summed E-state index contributed by atoms with van der Waals surface area (Å²) in [5, 5.41) is 3.11. The quantitative estimate of drug-likeness (QED) is 0.865. The maximum absolute atomic E-state index is 12.5. The molecule has 1 N–H and O–H groups in total. The van der Waals surface area contributed by atoms with Crippen LogP contribution in [0.3, 0.4) is 0 Å². The first kappa shape index (κ1) is 17.3. The maximum Gasteiger partial charge on any atom is 0.221 e. The molecular weight excluding hydrogens is 314 g/mol.